The highest BCUT2D eigenvalue weighted by Gasteiger charge is 2.13. The summed E-state index contributed by atoms with van der Waals surface area (Å²) in [5.41, 5.74) is 3.20. The molecule has 26 heavy (non-hydrogen) atoms. The number of methoxy groups -OCH3 is 1. The Hall–Kier alpha value is -3.26. The topological polar surface area (TPSA) is 60.1 Å². The van der Waals surface area contributed by atoms with E-state index in [2.05, 4.69) is 11.1 Å². The van der Waals surface area contributed by atoms with Gasteiger partial charge in [-0.2, -0.15) is 5.26 Å². The van der Waals surface area contributed by atoms with Crippen molar-refractivity contribution in [3.63, 3.8) is 0 Å². The summed E-state index contributed by atoms with van der Waals surface area (Å²) >= 11 is 0. The Balaban J connectivity index is 2.06. The number of aromatic nitrogens is 2. The number of benzene rings is 2. The van der Waals surface area contributed by atoms with Crippen molar-refractivity contribution in [1.29, 1.82) is 5.26 Å². The lowest BCUT2D eigenvalue weighted by molar-refractivity contribution is 0.230. The van der Waals surface area contributed by atoms with Gasteiger partial charge in [-0.3, -0.25) is 0 Å². The van der Waals surface area contributed by atoms with Gasteiger partial charge in [0.2, 0.25) is 0 Å². The number of nitrogens with zero attached hydrogens (tertiary/aromatic N) is 3. The first kappa shape index (κ1) is 17.6. The third-order valence-electron chi connectivity index (χ3n) is 4.01. The number of hydrogen-bond donors (Lipinski definition) is 0. The number of hydrogen-bond acceptors (Lipinski definition) is 4. The molecule has 0 fully saturated rings. The maximum absolute atomic E-state index is 9.68. The van der Waals surface area contributed by atoms with E-state index in [9.17, 15) is 5.26 Å². The number of nitriles is 1. The first-order valence-corrected chi connectivity index (χ1v) is 8.41. The van der Waals surface area contributed by atoms with Crippen molar-refractivity contribution in [2.45, 2.75) is 20.0 Å². The molecule has 132 valence electrons. The Morgan fingerprint density at radius 1 is 1.19 bits per heavy atom. The van der Waals surface area contributed by atoms with Crippen molar-refractivity contribution >= 4 is 22.7 Å². The van der Waals surface area contributed by atoms with E-state index in [1.807, 2.05) is 74.0 Å². The first-order chi connectivity index (χ1) is 12.5. The van der Waals surface area contributed by atoms with E-state index < -0.39 is 0 Å². The summed E-state index contributed by atoms with van der Waals surface area (Å²) in [5.74, 6) is 1.95. The van der Waals surface area contributed by atoms with Gasteiger partial charge >= 0.3 is 0 Å². The van der Waals surface area contributed by atoms with Crippen molar-refractivity contribution in [3.05, 3.63) is 53.9 Å². The van der Waals surface area contributed by atoms with E-state index in [1.54, 1.807) is 7.11 Å². The van der Waals surface area contributed by atoms with Crippen molar-refractivity contribution in [2.24, 2.45) is 7.05 Å². The van der Waals surface area contributed by atoms with Gasteiger partial charge in [0.15, 0.2) is 17.3 Å². The van der Waals surface area contributed by atoms with Gasteiger partial charge in [-0.15, -0.1) is 0 Å². The smallest absolute Gasteiger partial charge is 0.162 e. The van der Waals surface area contributed by atoms with Gasteiger partial charge in [0, 0.05) is 7.05 Å². The van der Waals surface area contributed by atoms with Crippen LogP contribution in [-0.4, -0.2) is 22.8 Å². The van der Waals surface area contributed by atoms with Gasteiger partial charge in [-0.25, -0.2) is 4.98 Å². The van der Waals surface area contributed by atoms with E-state index >= 15 is 0 Å². The predicted molar refractivity (Wildman–Crippen MR) is 103 cm³/mol. The molecule has 0 radical (unpaired) electrons. The molecule has 1 aromatic heterocycles. The van der Waals surface area contributed by atoms with E-state index in [0.29, 0.717) is 22.9 Å². The maximum atomic E-state index is 9.68. The van der Waals surface area contributed by atoms with Crippen LogP contribution in [0.5, 0.6) is 11.5 Å². The summed E-state index contributed by atoms with van der Waals surface area (Å²) in [6.45, 7) is 3.92. The molecular formula is C21H21N3O2. The number of allylic oxidation sites excluding steroid dienone is 1. The van der Waals surface area contributed by atoms with Crippen molar-refractivity contribution < 1.29 is 9.47 Å². The molecule has 5 heteroatoms. The fourth-order valence-electron chi connectivity index (χ4n) is 2.83. The highest BCUT2D eigenvalue weighted by atomic mass is 16.5. The maximum Gasteiger partial charge on any atom is 0.162 e. The Labute approximate surface area is 153 Å². The van der Waals surface area contributed by atoms with Crippen molar-refractivity contribution in [3.8, 4) is 17.6 Å². The Kier molecular flexibility index (Phi) is 4.94. The quantitative estimate of drug-likeness (QED) is 0.641. The number of aryl methyl sites for hydroxylation is 1. The third-order valence-corrected chi connectivity index (χ3v) is 4.01. The average Bonchev–Trinajstić information content (AvgIpc) is 2.96. The number of imidazole rings is 1. The predicted octanol–water partition coefficient (Wildman–Crippen LogP) is 4.43. The monoisotopic (exact) mass is 347 g/mol. The van der Waals surface area contributed by atoms with E-state index in [-0.39, 0.29) is 6.10 Å². The summed E-state index contributed by atoms with van der Waals surface area (Å²) in [6, 6.07) is 15.7. The lowest BCUT2D eigenvalue weighted by Crippen LogP contribution is -2.06. The molecule has 1 heterocycles. The lowest BCUT2D eigenvalue weighted by Gasteiger charge is -2.14. The molecule has 0 aliphatic heterocycles. The van der Waals surface area contributed by atoms with Crippen molar-refractivity contribution in [1.82, 2.24) is 9.55 Å². The third kappa shape index (κ3) is 3.40. The van der Waals surface area contributed by atoms with Gasteiger partial charge < -0.3 is 14.0 Å². The van der Waals surface area contributed by atoms with Crippen LogP contribution in [-0.2, 0) is 7.05 Å². The van der Waals surface area contributed by atoms with Crippen LogP contribution in [0.3, 0.4) is 0 Å². The molecule has 0 saturated carbocycles. The minimum atomic E-state index is 0.0263. The molecule has 0 saturated heterocycles. The van der Waals surface area contributed by atoms with E-state index in [1.165, 1.54) is 0 Å². The van der Waals surface area contributed by atoms with Gasteiger partial charge in [0.1, 0.15) is 6.07 Å². The normalized spacial score (nSPS) is 11.6. The summed E-state index contributed by atoms with van der Waals surface area (Å²) in [7, 11) is 3.52. The number of ether oxygens (including phenoxy) is 2. The molecule has 0 unspecified atom stereocenters. The molecule has 3 rings (SSSR count). The Morgan fingerprint density at radius 3 is 2.62 bits per heavy atom. The van der Waals surface area contributed by atoms with Gasteiger partial charge in [0.05, 0.1) is 29.8 Å². The number of para-hydroxylation sites is 2. The fourth-order valence-corrected chi connectivity index (χ4v) is 2.83. The largest absolute Gasteiger partial charge is 0.493 e. The first-order valence-electron chi connectivity index (χ1n) is 8.41. The van der Waals surface area contributed by atoms with Crippen LogP contribution in [0.4, 0.5) is 0 Å². The van der Waals surface area contributed by atoms with Crippen LogP contribution >= 0.6 is 0 Å². The zero-order valence-corrected chi connectivity index (χ0v) is 15.4. The Morgan fingerprint density at radius 2 is 1.96 bits per heavy atom. The molecule has 5 nitrogen and oxygen atoms in total. The summed E-state index contributed by atoms with van der Waals surface area (Å²) in [6.07, 6.45) is 1.84. The van der Waals surface area contributed by atoms with E-state index in [4.69, 9.17) is 9.47 Å². The molecule has 0 amide bonds. The SMILES string of the molecule is COc1ccc(/C=C(/C#N)c2nc3ccccc3n2C)cc1OC(C)C. The second-order valence-corrected chi connectivity index (χ2v) is 6.23. The molecule has 0 atom stereocenters. The Bertz CT molecular complexity index is 1010. The molecule has 0 N–H and O–H groups in total. The van der Waals surface area contributed by atoms with Crippen molar-refractivity contribution in [2.75, 3.05) is 7.11 Å². The van der Waals surface area contributed by atoms with Crippen LogP contribution in [0.2, 0.25) is 0 Å². The van der Waals surface area contributed by atoms with E-state index in [0.717, 1.165) is 16.6 Å². The fraction of sp³-hybridized carbons (Fsp3) is 0.238. The average molecular weight is 347 g/mol. The highest BCUT2D eigenvalue weighted by Crippen LogP contribution is 2.31. The van der Waals surface area contributed by atoms with Gasteiger partial charge in [-0.05, 0) is 49.8 Å². The standard InChI is InChI=1S/C21H21N3O2/c1-14(2)26-20-12-15(9-10-19(20)25-4)11-16(13-22)21-23-17-7-5-6-8-18(17)24(21)3/h5-12,14H,1-4H3/b16-11-. The highest BCUT2D eigenvalue weighted by molar-refractivity contribution is 5.91. The molecule has 0 aliphatic carbocycles. The molecule has 3 aromatic rings. The zero-order valence-electron chi connectivity index (χ0n) is 15.4. The van der Waals surface area contributed by atoms with Gasteiger partial charge in [-0.1, -0.05) is 18.2 Å². The number of rotatable bonds is 5. The van der Waals surface area contributed by atoms with Crippen LogP contribution in [0.15, 0.2) is 42.5 Å². The second-order valence-electron chi connectivity index (χ2n) is 6.23. The minimum absolute atomic E-state index is 0.0263. The van der Waals surface area contributed by atoms with Gasteiger partial charge in [0.25, 0.3) is 0 Å². The molecule has 0 aliphatic rings. The second kappa shape index (κ2) is 7.32. The number of fused-ring (bicyclic) bond motifs is 1. The molecular weight excluding hydrogens is 326 g/mol. The van der Waals surface area contributed by atoms with Crippen LogP contribution in [0.25, 0.3) is 22.7 Å². The summed E-state index contributed by atoms with van der Waals surface area (Å²) < 4.78 is 13.1. The van der Waals surface area contributed by atoms with Crippen LogP contribution in [0, 0.1) is 11.3 Å². The minimum Gasteiger partial charge on any atom is -0.493 e. The zero-order chi connectivity index (χ0) is 18.7. The summed E-state index contributed by atoms with van der Waals surface area (Å²) in [5, 5.41) is 9.68. The molecule has 2 aromatic carbocycles. The lowest BCUT2D eigenvalue weighted by atomic mass is 10.1. The summed E-state index contributed by atoms with van der Waals surface area (Å²) in [4.78, 5) is 4.60. The van der Waals surface area contributed by atoms with Crippen LogP contribution < -0.4 is 9.47 Å². The molecule has 0 bridgehead atoms. The molecule has 0 spiro atoms. The van der Waals surface area contributed by atoms with Crippen LogP contribution in [0.1, 0.15) is 25.2 Å².